The molecule has 1 aromatic carbocycles. The molecule has 15 heavy (non-hydrogen) atoms. The van der Waals surface area contributed by atoms with Crippen LogP contribution in [0.5, 0.6) is 0 Å². The first kappa shape index (κ1) is 11.2. The number of benzene rings is 1. The van der Waals surface area contributed by atoms with Crippen molar-refractivity contribution in [2.75, 3.05) is 32.0 Å². The highest BCUT2D eigenvalue weighted by Gasteiger charge is 2.10. The van der Waals surface area contributed by atoms with Gasteiger partial charge in [0.15, 0.2) is 0 Å². The van der Waals surface area contributed by atoms with E-state index in [4.69, 9.17) is 10.5 Å². The zero-order valence-corrected chi connectivity index (χ0v) is 10.7. The van der Waals surface area contributed by atoms with Gasteiger partial charge in [-0.05, 0) is 40.3 Å². The van der Waals surface area contributed by atoms with Crippen LogP contribution in [0.3, 0.4) is 0 Å². The molecule has 1 fully saturated rings. The Morgan fingerprint density at radius 2 is 2.07 bits per heavy atom. The Hall–Kier alpha value is -0.330. The van der Waals surface area contributed by atoms with Crippen LogP contribution in [0.1, 0.15) is 5.56 Å². The molecule has 0 bridgehead atoms. The Morgan fingerprint density at radius 3 is 2.73 bits per heavy atom. The van der Waals surface area contributed by atoms with Gasteiger partial charge >= 0.3 is 0 Å². The van der Waals surface area contributed by atoms with Gasteiger partial charge in [0, 0.05) is 28.9 Å². The van der Waals surface area contributed by atoms with E-state index in [0.717, 1.165) is 42.1 Å². The van der Waals surface area contributed by atoms with Crippen LogP contribution >= 0.6 is 22.6 Å². The molecule has 0 atom stereocenters. The number of hydrogen-bond donors (Lipinski definition) is 1. The third kappa shape index (κ3) is 3.06. The Morgan fingerprint density at radius 1 is 1.33 bits per heavy atom. The van der Waals surface area contributed by atoms with E-state index in [1.807, 2.05) is 6.07 Å². The van der Waals surface area contributed by atoms with Gasteiger partial charge in [-0.25, -0.2) is 0 Å². The second-order valence-corrected chi connectivity index (χ2v) is 4.91. The molecule has 1 aliphatic rings. The van der Waals surface area contributed by atoms with Gasteiger partial charge in [-0.3, -0.25) is 4.90 Å². The second-order valence-electron chi connectivity index (χ2n) is 3.74. The third-order valence-corrected chi connectivity index (χ3v) is 3.51. The van der Waals surface area contributed by atoms with Crippen molar-refractivity contribution in [3.8, 4) is 0 Å². The van der Waals surface area contributed by atoms with E-state index in [2.05, 4.69) is 39.6 Å². The molecule has 0 spiro atoms. The van der Waals surface area contributed by atoms with Gasteiger partial charge in [-0.1, -0.05) is 6.07 Å². The molecule has 0 radical (unpaired) electrons. The Balaban J connectivity index is 2.00. The molecule has 2 N–H and O–H groups in total. The molecule has 2 rings (SSSR count). The molecule has 0 saturated carbocycles. The normalized spacial score (nSPS) is 17.9. The minimum atomic E-state index is 0.853. The summed E-state index contributed by atoms with van der Waals surface area (Å²) in [4.78, 5) is 2.41. The summed E-state index contributed by atoms with van der Waals surface area (Å²) in [6.45, 7) is 4.76. The van der Waals surface area contributed by atoms with Gasteiger partial charge in [-0.15, -0.1) is 0 Å². The minimum Gasteiger partial charge on any atom is -0.398 e. The molecule has 4 heteroatoms. The van der Waals surface area contributed by atoms with E-state index in [-0.39, 0.29) is 0 Å². The zero-order chi connectivity index (χ0) is 10.7. The molecular formula is C11H15IN2O. The van der Waals surface area contributed by atoms with Crippen molar-refractivity contribution in [2.45, 2.75) is 6.54 Å². The summed E-state index contributed by atoms with van der Waals surface area (Å²) in [7, 11) is 0. The lowest BCUT2D eigenvalue weighted by molar-refractivity contribution is 0.0342. The summed E-state index contributed by atoms with van der Waals surface area (Å²) in [6.07, 6.45) is 0. The SMILES string of the molecule is Nc1ccc(CN2CCOCC2)cc1I. The van der Waals surface area contributed by atoms with Crippen molar-refractivity contribution in [1.29, 1.82) is 0 Å². The van der Waals surface area contributed by atoms with Crippen molar-refractivity contribution in [3.05, 3.63) is 27.3 Å². The van der Waals surface area contributed by atoms with E-state index in [1.54, 1.807) is 0 Å². The summed E-state index contributed by atoms with van der Waals surface area (Å²) in [6, 6.07) is 6.25. The van der Waals surface area contributed by atoms with Crippen molar-refractivity contribution in [2.24, 2.45) is 0 Å². The number of ether oxygens (including phenoxy) is 1. The largest absolute Gasteiger partial charge is 0.398 e. The topological polar surface area (TPSA) is 38.5 Å². The van der Waals surface area contributed by atoms with Gasteiger partial charge in [0.1, 0.15) is 0 Å². The lowest BCUT2D eigenvalue weighted by Crippen LogP contribution is -2.35. The maximum Gasteiger partial charge on any atom is 0.0594 e. The average molecular weight is 318 g/mol. The molecule has 3 nitrogen and oxygen atoms in total. The van der Waals surface area contributed by atoms with E-state index in [1.165, 1.54) is 5.56 Å². The second kappa shape index (κ2) is 5.14. The van der Waals surface area contributed by atoms with Crippen LogP contribution in [0.4, 0.5) is 5.69 Å². The van der Waals surface area contributed by atoms with Crippen molar-refractivity contribution < 1.29 is 4.74 Å². The number of anilines is 1. The first-order valence-electron chi connectivity index (χ1n) is 5.10. The summed E-state index contributed by atoms with van der Waals surface area (Å²) < 4.78 is 6.45. The zero-order valence-electron chi connectivity index (χ0n) is 8.58. The molecule has 1 heterocycles. The van der Waals surface area contributed by atoms with E-state index < -0.39 is 0 Å². The number of halogens is 1. The van der Waals surface area contributed by atoms with Gasteiger partial charge in [0.2, 0.25) is 0 Å². The van der Waals surface area contributed by atoms with Crippen LogP contribution in [-0.4, -0.2) is 31.2 Å². The van der Waals surface area contributed by atoms with Crippen molar-refractivity contribution in [3.63, 3.8) is 0 Å². The molecule has 82 valence electrons. The van der Waals surface area contributed by atoms with Crippen LogP contribution in [0.2, 0.25) is 0 Å². The lowest BCUT2D eigenvalue weighted by Gasteiger charge is -2.26. The Labute approximate surface area is 104 Å². The number of nitrogens with two attached hydrogens (primary N) is 1. The number of hydrogen-bond acceptors (Lipinski definition) is 3. The fraction of sp³-hybridized carbons (Fsp3) is 0.455. The average Bonchev–Trinajstić information content (AvgIpc) is 2.25. The fourth-order valence-corrected chi connectivity index (χ4v) is 2.27. The predicted molar refractivity (Wildman–Crippen MR) is 69.7 cm³/mol. The molecule has 0 unspecified atom stereocenters. The highest BCUT2D eigenvalue weighted by molar-refractivity contribution is 14.1. The van der Waals surface area contributed by atoms with Gasteiger partial charge < -0.3 is 10.5 Å². The molecule has 1 saturated heterocycles. The number of nitrogen functional groups attached to an aromatic ring is 1. The maximum atomic E-state index is 5.78. The molecular weight excluding hydrogens is 303 g/mol. The van der Waals surface area contributed by atoms with Crippen LogP contribution in [-0.2, 0) is 11.3 Å². The lowest BCUT2D eigenvalue weighted by atomic mass is 10.2. The summed E-state index contributed by atoms with van der Waals surface area (Å²) in [5, 5.41) is 0. The highest BCUT2D eigenvalue weighted by atomic mass is 127. The number of nitrogens with zero attached hydrogens (tertiary/aromatic N) is 1. The Bertz CT molecular complexity index is 337. The first-order valence-corrected chi connectivity index (χ1v) is 6.17. The van der Waals surface area contributed by atoms with Gasteiger partial charge in [-0.2, -0.15) is 0 Å². The van der Waals surface area contributed by atoms with Crippen molar-refractivity contribution in [1.82, 2.24) is 4.90 Å². The molecule has 0 amide bonds. The highest BCUT2D eigenvalue weighted by Crippen LogP contribution is 2.17. The van der Waals surface area contributed by atoms with Gasteiger partial charge in [0.25, 0.3) is 0 Å². The van der Waals surface area contributed by atoms with E-state index >= 15 is 0 Å². The molecule has 0 aromatic heterocycles. The molecule has 0 aliphatic carbocycles. The smallest absolute Gasteiger partial charge is 0.0594 e. The van der Waals surface area contributed by atoms with Crippen LogP contribution in [0.25, 0.3) is 0 Å². The number of rotatable bonds is 2. The van der Waals surface area contributed by atoms with Crippen LogP contribution < -0.4 is 5.73 Å². The summed E-state index contributed by atoms with van der Waals surface area (Å²) >= 11 is 2.28. The first-order chi connectivity index (χ1) is 7.25. The molecule has 1 aliphatic heterocycles. The van der Waals surface area contributed by atoms with Crippen LogP contribution in [0, 0.1) is 3.57 Å². The quantitative estimate of drug-likeness (QED) is 0.666. The van der Waals surface area contributed by atoms with Crippen molar-refractivity contribution >= 4 is 28.3 Å². The van der Waals surface area contributed by atoms with Gasteiger partial charge in [0.05, 0.1) is 13.2 Å². The molecule has 1 aromatic rings. The predicted octanol–water partition coefficient (Wildman–Crippen LogP) is 1.71. The fourth-order valence-electron chi connectivity index (χ4n) is 1.69. The van der Waals surface area contributed by atoms with Crippen LogP contribution in [0.15, 0.2) is 18.2 Å². The van der Waals surface area contributed by atoms with E-state index in [0.29, 0.717) is 0 Å². The summed E-state index contributed by atoms with van der Waals surface area (Å²) in [5.74, 6) is 0. The number of morpholine rings is 1. The minimum absolute atomic E-state index is 0.853. The maximum absolute atomic E-state index is 5.78. The third-order valence-electron chi connectivity index (χ3n) is 2.57. The standard InChI is InChI=1S/C11H15IN2O/c12-10-7-9(1-2-11(10)13)8-14-3-5-15-6-4-14/h1-2,7H,3-6,8,13H2. The Kier molecular flexibility index (Phi) is 3.82. The van der Waals surface area contributed by atoms with E-state index in [9.17, 15) is 0 Å². The monoisotopic (exact) mass is 318 g/mol. The summed E-state index contributed by atoms with van der Waals surface area (Å²) in [5.41, 5.74) is 7.97.